The molecule has 0 aliphatic carbocycles. The molecule has 0 spiro atoms. The molecule has 2 atom stereocenters. The Morgan fingerprint density at radius 3 is 2.55 bits per heavy atom. The molecule has 1 aromatic heterocycles. The number of carbonyl (C=O) groups is 1. The van der Waals surface area contributed by atoms with Crippen LogP contribution in [-0.4, -0.2) is 27.9 Å². The first kappa shape index (κ1) is 23.1. The van der Waals surface area contributed by atoms with E-state index in [-0.39, 0.29) is 23.5 Å². The van der Waals surface area contributed by atoms with Crippen LogP contribution in [-0.2, 0) is 11.2 Å². The Balaban J connectivity index is 1.44. The van der Waals surface area contributed by atoms with Crippen LogP contribution in [0.3, 0.4) is 0 Å². The number of benzene rings is 2. The molecule has 1 saturated heterocycles. The topological polar surface area (TPSA) is 55.6 Å². The van der Waals surface area contributed by atoms with Gasteiger partial charge in [-0.3, -0.25) is 4.79 Å². The molecule has 174 valence electrons. The zero-order chi connectivity index (χ0) is 23.4. The molecule has 0 saturated carbocycles. The molecule has 2 heterocycles. The molecule has 0 radical (unpaired) electrons. The lowest BCUT2D eigenvalue weighted by Gasteiger charge is -2.35. The molecule has 2 aromatic carbocycles. The summed E-state index contributed by atoms with van der Waals surface area (Å²) >= 11 is 0. The Labute approximate surface area is 196 Å². The Hall–Kier alpha value is -3.08. The highest BCUT2D eigenvalue weighted by Gasteiger charge is 2.33. The number of carbonyl (C=O) groups excluding carboxylic acids is 1. The predicted octanol–water partition coefficient (Wildman–Crippen LogP) is 6.45. The number of hydrogen-bond donors (Lipinski definition) is 0. The predicted molar refractivity (Wildman–Crippen MR) is 130 cm³/mol. The summed E-state index contributed by atoms with van der Waals surface area (Å²) in [6.07, 6.45) is 5.43. The Bertz CT molecular complexity index is 1050. The molecule has 4 rings (SSSR count). The fourth-order valence-corrected chi connectivity index (χ4v) is 4.40. The van der Waals surface area contributed by atoms with Gasteiger partial charge in [-0.15, -0.1) is 0 Å². The van der Waals surface area contributed by atoms with E-state index in [0.29, 0.717) is 12.3 Å². The van der Waals surface area contributed by atoms with Crippen LogP contribution < -0.4 is 4.74 Å². The molecular weight excluding hydrogens is 412 g/mol. The van der Waals surface area contributed by atoms with Crippen LogP contribution in [0.15, 0.2) is 65.2 Å². The van der Waals surface area contributed by atoms with Crippen molar-refractivity contribution in [1.29, 1.82) is 0 Å². The van der Waals surface area contributed by atoms with Gasteiger partial charge in [-0.2, -0.15) is 0 Å². The van der Waals surface area contributed by atoms with Gasteiger partial charge in [0.05, 0.1) is 6.20 Å². The van der Waals surface area contributed by atoms with Crippen LogP contribution in [0.4, 0.5) is 0 Å². The van der Waals surface area contributed by atoms with E-state index >= 15 is 0 Å². The van der Waals surface area contributed by atoms with Crippen LogP contribution in [0.25, 0.3) is 11.3 Å². The number of aromatic nitrogens is 1. The molecule has 5 heteroatoms. The molecular formula is C28H34N2O3. The summed E-state index contributed by atoms with van der Waals surface area (Å²) in [6, 6.07) is 17.9. The summed E-state index contributed by atoms with van der Waals surface area (Å²) < 4.78 is 12.0. The SMILES string of the molecule is CC(Cc1ccc(OC(C)(C)C)cc1)C(=O)N1CCCCC1c1ncc(-c2ccccc2)o1. The van der Waals surface area contributed by atoms with Gasteiger partial charge in [0.25, 0.3) is 0 Å². The highest BCUT2D eigenvalue weighted by atomic mass is 16.5. The van der Waals surface area contributed by atoms with Gasteiger partial charge in [-0.05, 0) is 64.2 Å². The summed E-state index contributed by atoms with van der Waals surface area (Å²) in [4.78, 5) is 20.0. The van der Waals surface area contributed by atoms with E-state index in [1.165, 1.54) is 0 Å². The van der Waals surface area contributed by atoms with Crippen molar-refractivity contribution in [3.05, 3.63) is 72.2 Å². The summed E-state index contributed by atoms with van der Waals surface area (Å²) in [5.41, 5.74) is 1.90. The maximum atomic E-state index is 13.4. The van der Waals surface area contributed by atoms with Gasteiger partial charge < -0.3 is 14.1 Å². The second-order valence-electron chi connectivity index (χ2n) is 9.94. The van der Waals surface area contributed by atoms with Crippen molar-refractivity contribution < 1.29 is 13.9 Å². The van der Waals surface area contributed by atoms with Crippen molar-refractivity contribution >= 4 is 5.91 Å². The van der Waals surface area contributed by atoms with E-state index in [1.807, 2.05) is 75.1 Å². The fourth-order valence-electron chi connectivity index (χ4n) is 4.40. The zero-order valence-corrected chi connectivity index (χ0v) is 20.1. The number of amides is 1. The molecule has 1 aliphatic heterocycles. The van der Waals surface area contributed by atoms with Crippen LogP contribution in [0.2, 0.25) is 0 Å². The largest absolute Gasteiger partial charge is 0.488 e. The van der Waals surface area contributed by atoms with Gasteiger partial charge >= 0.3 is 0 Å². The first-order chi connectivity index (χ1) is 15.8. The number of piperidine rings is 1. The number of nitrogens with zero attached hydrogens (tertiary/aromatic N) is 2. The molecule has 3 aromatic rings. The maximum Gasteiger partial charge on any atom is 0.226 e. The van der Waals surface area contributed by atoms with Gasteiger partial charge in [0.15, 0.2) is 5.76 Å². The Kier molecular flexibility index (Phi) is 6.87. The molecule has 33 heavy (non-hydrogen) atoms. The third-order valence-electron chi connectivity index (χ3n) is 5.96. The van der Waals surface area contributed by atoms with E-state index < -0.39 is 0 Å². The summed E-state index contributed by atoms with van der Waals surface area (Å²) in [5.74, 6) is 2.27. The van der Waals surface area contributed by atoms with Crippen molar-refractivity contribution in [3.8, 4) is 17.1 Å². The van der Waals surface area contributed by atoms with Gasteiger partial charge in [0.2, 0.25) is 11.8 Å². The van der Waals surface area contributed by atoms with E-state index in [9.17, 15) is 4.79 Å². The Morgan fingerprint density at radius 1 is 1.12 bits per heavy atom. The smallest absolute Gasteiger partial charge is 0.226 e. The van der Waals surface area contributed by atoms with Crippen LogP contribution >= 0.6 is 0 Å². The van der Waals surface area contributed by atoms with E-state index in [1.54, 1.807) is 6.20 Å². The quantitative estimate of drug-likeness (QED) is 0.436. The Morgan fingerprint density at radius 2 is 1.85 bits per heavy atom. The average Bonchev–Trinajstić information content (AvgIpc) is 3.30. The van der Waals surface area contributed by atoms with Gasteiger partial charge in [0.1, 0.15) is 17.4 Å². The highest BCUT2D eigenvalue weighted by Crippen LogP contribution is 2.34. The minimum absolute atomic E-state index is 0.103. The number of oxazole rings is 1. The highest BCUT2D eigenvalue weighted by molar-refractivity contribution is 5.79. The standard InChI is InChI=1S/C28H34N2O3/c1-20(18-21-13-15-23(16-14-21)33-28(2,3)4)27(31)30-17-9-8-12-24(30)26-29-19-25(32-26)22-10-6-5-7-11-22/h5-7,10-11,13-16,19-20,24H,8-9,12,17-18H2,1-4H3. The number of likely N-dealkylation sites (tertiary alicyclic amines) is 1. The van der Waals surface area contributed by atoms with Crippen LogP contribution in [0.1, 0.15) is 64.5 Å². The second kappa shape index (κ2) is 9.82. The maximum absolute atomic E-state index is 13.4. The third-order valence-corrected chi connectivity index (χ3v) is 5.96. The number of ether oxygens (including phenoxy) is 1. The lowest BCUT2D eigenvalue weighted by atomic mass is 9.95. The van der Waals surface area contributed by atoms with Crippen LogP contribution in [0, 0.1) is 5.92 Å². The molecule has 5 nitrogen and oxygen atoms in total. The molecule has 0 N–H and O–H groups in total. The minimum Gasteiger partial charge on any atom is -0.488 e. The van der Waals surface area contributed by atoms with E-state index in [4.69, 9.17) is 9.15 Å². The van der Waals surface area contributed by atoms with Crippen molar-refractivity contribution in [2.45, 2.75) is 65.0 Å². The molecule has 1 aliphatic rings. The van der Waals surface area contributed by atoms with Gasteiger partial charge in [-0.25, -0.2) is 4.98 Å². The second-order valence-corrected chi connectivity index (χ2v) is 9.94. The third kappa shape index (κ3) is 5.84. The molecule has 2 unspecified atom stereocenters. The van der Waals surface area contributed by atoms with Crippen molar-refractivity contribution in [2.75, 3.05) is 6.54 Å². The number of hydrogen-bond acceptors (Lipinski definition) is 4. The average molecular weight is 447 g/mol. The first-order valence-corrected chi connectivity index (χ1v) is 11.9. The summed E-state index contributed by atoms with van der Waals surface area (Å²) in [5, 5.41) is 0. The summed E-state index contributed by atoms with van der Waals surface area (Å²) in [6.45, 7) is 8.86. The monoisotopic (exact) mass is 446 g/mol. The van der Waals surface area contributed by atoms with Gasteiger partial charge in [0, 0.05) is 18.0 Å². The lowest BCUT2D eigenvalue weighted by molar-refractivity contribution is -0.139. The summed E-state index contributed by atoms with van der Waals surface area (Å²) in [7, 11) is 0. The van der Waals surface area contributed by atoms with Crippen LogP contribution in [0.5, 0.6) is 5.75 Å². The molecule has 1 amide bonds. The van der Waals surface area contributed by atoms with E-state index in [2.05, 4.69) is 17.1 Å². The van der Waals surface area contributed by atoms with Gasteiger partial charge in [-0.1, -0.05) is 49.4 Å². The lowest BCUT2D eigenvalue weighted by Crippen LogP contribution is -2.42. The fraction of sp³-hybridized carbons (Fsp3) is 0.429. The van der Waals surface area contributed by atoms with Crippen molar-refractivity contribution in [3.63, 3.8) is 0 Å². The zero-order valence-electron chi connectivity index (χ0n) is 20.1. The first-order valence-electron chi connectivity index (χ1n) is 11.9. The number of rotatable bonds is 6. The van der Waals surface area contributed by atoms with Crippen molar-refractivity contribution in [2.24, 2.45) is 5.92 Å². The van der Waals surface area contributed by atoms with E-state index in [0.717, 1.165) is 48.4 Å². The molecule has 0 bridgehead atoms. The van der Waals surface area contributed by atoms with Crippen molar-refractivity contribution in [1.82, 2.24) is 9.88 Å². The molecule has 1 fully saturated rings. The minimum atomic E-state index is -0.228. The normalized spacial score (nSPS) is 17.6.